The number of nitrogens with zero attached hydrogens (tertiary/aromatic N) is 2. The number of aryl methyl sites for hydroxylation is 2. The maximum atomic E-state index is 6.24. The van der Waals surface area contributed by atoms with E-state index in [1.54, 1.807) is 0 Å². The van der Waals surface area contributed by atoms with Gasteiger partial charge in [0.15, 0.2) is 5.16 Å². The predicted octanol–water partition coefficient (Wildman–Crippen LogP) is 3.62. The highest BCUT2D eigenvalue weighted by Crippen LogP contribution is 2.29. The fraction of sp³-hybridized carbons (Fsp3) is 0.286. The number of benzene rings is 1. The monoisotopic (exact) mass is 293 g/mol. The zero-order chi connectivity index (χ0) is 13.8. The highest BCUT2D eigenvalue weighted by Gasteiger charge is 2.05. The Morgan fingerprint density at radius 3 is 2.42 bits per heavy atom. The Balaban J connectivity index is 2.21. The van der Waals surface area contributed by atoms with Gasteiger partial charge in [0.1, 0.15) is 0 Å². The largest absolute Gasteiger partial charge is 0.316 e. The Labute approximate surface area is 122 Å². The number of aromatic nitrogens is 2. The molecule has 2 aromatic rings. The summed E-state index contributed by atoms with van der Waals surface area (Å²) in [5.41, 5.74) is 3.05. The molecule has 0 fully saturated rings. The van der Waals surface area contributed by atoms with Gasteiger partial charge >= 0.3 is 0 Å². The molecule has 5 heteroatoms. The Kier molecular flexibility index (Phi) is 4.80. The quantitative estimate of drug-likeness (QED) is 0.874. The molecular weight excluding hydrogens is 278 g/mol. The zero-order valence-electron chi connectivity index (χ0n) is 11.2. The average molecular weight is 294 g/mol. The van der Waals surface area contributed by atoms with Gasteiger partial charge in [0.2, 0.25) is 0 Å². The minimum absolute atomic E-state index is 0.759. The zero-order valence-corrected chi connectivity index (χ0v) is 12.8. The fourth-order valence-electron chi connectivity index (χ4n) is 1.77. The Morgan fingerprint density at radius 2 is 1.84 bits per heavy atom. The summed E-state index contributed by atoms with van der Waals surface area (Å²) in [6, 6.07) is 8.00. The third kappa shape index (κ3) is 3.93. The maximum Gasteiger partial charge on any atom is 0.192 e. The van der Waals surface area contributed by atoms with Crippen LogP contribution in [0.3, 0.4) is 0 Å². The van der Waals surface area contributed by atoms with Crippen molar-refractivity contribution in [3.63, 3.8) is 0 Å². The molecule has 0 bridgehead atoms. The SMILES string of the molecule is CNCc1ccc(Sc2nc(C)cc(C)n2)cc1Cl. The summed E-state index contributed by atoms with van der Waals surface area (Å²) in [7, 11) is 1.91. The smallest absolute Gasteiger partial charge is 0.192 e. The van der Waals surface area contributed by atoms with Crippen molar-refractivity contribution in [2.24, 2.45) is 0 Å². The molecule has 0 aliphatic carbocycles. The molecule has 1 aromatic carbocycles. The van der Waals surface area contributed by atoms with Crippen molar-refractivity contribution in [2.75, 3.05) is 7.05 Å². The fourth-order valence-corrected chi connectivity index (χ4v) is 2.98. The molecule has 0 aliphatic heterocycles. The van der Waals surface area contributed by atoms with E-state index in [2.05, 4.69) is 15.3 Å². The number of hydrogen-bond acceptors (Lipinski definition) is 4. The number of rotatable bonds is 4. The van der Waals surface area contributed by atoms with Crippen LogP contribution in [0.25, 0.3) is 0 Å². The minimum atomic E-state index is 0.759. The lowest BCUT2D eigenvalue weighted by atomic mass is 10.2. The van der Waals surface area contributed by atoms with Gasteiger partial charge in [0.25, 0.3) is 0 Å². The molecule has 3 nitrogen and oxygen atoms in total. The summed E-state index contributed by atoms with van der Waals surface area (Å²) in [5.74, 6) is 0. The number of hydrogen-bond donors (Lipinski definition) is 1. The van der Waals surface area contributed by atoms with Crippen LogP contribution in [0.1, 0.15) is 17.0 Å². The van der Waals surface area contributed by atoms with Crippen LogP contribution in [0.15, 0.2) is 34.3 Å². The lowest BCUT2D eigenvalue weighted by Crippen LogP contribution is -2.05. The van der Waals surface area contributed by atoms with E-state index in [1.807, 2.05) is 45.2 Å². The summed E-state index contributed by atoms with van der Waals surface area (Å²) in [6.45, 7) is 4.72. The van der Waals surface area contributed by atoms with E-state index in [0.717, 1.165) is 38.6 Å². The van der Waals surface area contributed by atoms with E-state index in [9.17, 15) is 0 Å². The van der Waals surface area contributed by atoms with Gasteiger partial charge in [-0.3, -0.25) is 0 Å². The molecule has 1 N–H and O–H groups in total. The first-order chi connectivity index (χ1) is 9.08. The molecule has 19 heavy (non-hydrogen) atoms. The molecule has 0 amide bonds. The van der Waals surface area contributed by atoms with Crippen LogP contribution >= 0.6 is 23.4 Å². The Bertz CT molecular complexity index is 567. The van der Waals surface area contributed by atoms with Crippen LogP contribution in [0, 0.1) is 13.8 Å². The van der Waals surface area contributed by atoms with Crippen molar-refractivity contribution in [1.82, 2.24) is 15.3 Å². The molecule has 0 unspecified atom stereocenters. The summed E-state index contributed by atoms with van der Waals surface area (Å²) in [5, 5.41) is 4.62. The molecule has 0 spiro atoms. The van der Waals surface area contributed by atoms with Gasteiger partial charge in [-0.05, 0) is 56.4 Å². The summed E-state index contributed by atoms with van der Waals surface area (Å²) < 4.78 is 0. The second-order valence-electron chi connectivity index (χ2n) is 4.32. The molecule has 2 rings (SSSR count). The highest BCUT2D eigenvalue weighted by molar-refractivity contribution is 7.99. The first kappa shape index (κ1) is 14.3. The van der Waals surface area contributed by atoms with Crippen molar-refractivity contribution < 1.29 is 0 Å². The Hall–Kier alpha value is -1.10. The molecule has 0 saturated carbocycles. The van der Waals surface area contributed by atoms with Gasteiger partial charge in [0.05, 0.1) is 0 Å². The lowest BCUT2D eigenvalue weighted by molar-refractivity contribution is 0.817. The topological polar surface area (TPSA) is 37.8 Å². The first-order valence-electron chi connectivity index (χ1n) is 6.01. The van der Waals surface area contributed by atoms with E-state index >= 15 is 0 Å². The lowest BCUT2D eigenvalue weighted by Gasteiger charge is -2.07. The highest BCUT2D eigenvalue weighted by atomic mass is 35.5. The Morgan fingerprint density at radius 1 is 1.16 bits per heavy atom. The standard InChI is InChI=1S/C14H16ClN3S/c1-9-6-10(2)18-14(17-9)19-12-5-4-11(8-16-3)13(15)7-12/h4-7,16H,8H2,1-3H3. The summed E-state index contributed by atoms with van der Waals surface area (Å²) in [6.07, 6.45) is 0. The van der Waals surface area contributed by atoms with Gasteiger partial charge in [-0.15, -0.1) is 0 Å². The van der Waals surface area contributed by atoms with Gasteiger partial charge in [-0.2, -0.15) is 0 Å². The van der Waals surface area contributed by atoms with Crippen LogP contribution < -0.4 is 5.32 Å². The second-order valence-corrected chi connectivity index (χ2v) is 5.77. The molecule has 1 heterocycles. The van der Waals surface area contributed by atoms with Crippen LogP contribution in [-0.2, 0) is 6.54 Å². The average Bonchev–Trinajstić information content (AvgIpc) is 2.31. The third-order valence-corrected chi connectivity index (χ3v) is 3.77. The van der Waals surface area contributed by atoms with Crippen LogP contribution in [0.5, 0.6) is 0 Å². The predicted molar refractivity (Wildman–Crippen MR) is 79.8 cm³/mol. The van der Waals surface area contributed by atoms with Gasteiger partial charge in [-0.1, -0.05) is 17.7 Å². The van der Waals surface area contributed by atoms with Gasteiger partial charge in [0, 0.05) is 27.9 Å². The molecule has 0 atom stereocenters. The molecule has 1 aromatic heterocycles. The van der Waals surface area contributed by atoms with Crippen molar-refractivity contribution in [2.45, 2.75) is 30.4 Å². The molecule has 0 aliphatic rings. The van der Waals surface area contributed by atoms with Crippen molar-refractivity contribution in [1.29, 1.82) is 0 Å². The van der Waals surface area contributed by atoms with Gasteiger partial charge in [-0.25, -0.2) is 9.97 Å². The second kappa shape index (κ2) is 6.37. The molecule has 0 saturated heterocycles. The third-order valence-electron chi connectivity index (χ3n) is 2.56. The van der Waals surface area contributed by atoms with Crippen LogP contribution in [0.4, 0.5) is 0 Å². The number of nitrogens with one attached hydrogen (secondary N) is 1. The van der Waals surface area contributed by atoms with E-state index in [1.165, 1.54) is 11.8 Å². The van der Waals surface area contributed by atoms with Crippen molar-refractivity contribution in [3.05, 3.63) is 46.2 Å². The molecule has 0 radical (unpaired) electrons. The maximum absolute atomic E-state index is 6.24. The summed E-state index contributed by atoms with van der Waals surface area (Å²) >= 11 is 7.77. The van der Waals surface area contributed by atoms with Gasteiger partial charge < -0.3 is 5.32 Å². The van der Waals surface area contributed by atoms with Crippen LogP contribution in [-0.4, -0.2) is 17.0 Å². The van der Waals surface area contributed by atoms with E-state index in [4.69, 9.17) is 11.6 Å². The van der Waals surface area contributed by atoms with Crippen LogP contribution in [0.2, 0.25) is 5.02 Å². The van der Waals surface area contributed by atoms with Crippen molar-refractivity contribution >= 4 is 23.4 Å². The van der Waals surface area contributed by atoms with E-state index < -0.39 is 0 Å². The molecular formula is C14H16ClN3S. The number of halogens is 1. The first-order valence-corrected chi connectivity index (χ1v) is 7.21. The molecule has 100 valence electrons. The minimum Gasteiger partial charge on any atom is -0.316 e. The summed E-state index contributed by atoms with van der Waals surface area (Å²) in [4.78, 5) is 9.88. The van der Waals surface area contributed by atoms with E-state index in [0.29, 0.717) is 0 Å². The van der Waals surface area contributed by atoms with E-state index in [-0.39, 0.29) is 0 Å². The normalized spacial score (nSPS) is 10.7. The van der Waals surface area contributed by atoms with Crippen molar-refractivity contribution in [3.8, 4) is 0 Å².